The van der Waals surface area contributed by atoms with Gasteiger partial charge in [-0.15, -0.1) is 0 Å². The highest BCUT2D eigenvalue weighted by Crippen LogP contribution is 2.35. The summed E-state index contributed by atoms with van der Waals surface area (Å²) in [6, 6.07) is 14.1. The summed E-state index contributed by atoms with van der Waals surface area (Å²) in [4.78, 5) is 14.1. The van der Waals surface area contributed by atoms with E-state index in [1.807, 2.05) is 30.3 Å². The molecule has 8 nitrogen and oxygen atoms in total. The summed E-state index contributed by atoms with van der Waals surface area (Å²) < 4.78 is 28.6. The van der Waals surface area contributed by atoms with E-state index in [-0.39, 0.29) is 24.1 Å². The third kappa shape index (κ3) is 6.45. The first-order valence-corrected chi connectivity index (χ1v) is 12.2. The minimum atomic E-state index is -0.312. The Morgan fingerprint density at radius 3 is 2.66 bits per heavy atom. The molecule has 1 saturated heterocycles. The first-order chi connectivity index (χ1) is 17.1. The van der Waals surface area contributed by atoms with Gasteiger partial charge in [-0.1, -0.05) is 18.2 Å². The topological polar surface area (TPSA) is 78.5 Å². The van der Waals surface area contributed by atoms with Crippen LogP contribution in [-0.4, -0.2) is 71.8 Å². The lowest BCUT2D eigenvalue weighted by Crippen LogP contribution is -2.51. The van der Waals surface area contributed by atoms with Crippen molar-refractivity contribution < 1.29 is 28.5 Å². The number of benzene rings is 2. The molecule has 35 heavy (non-hydrogen) atoms. The highest BCUT2D eigenvalue weighted by atomic mass is 16.5. The van der Waals surface area contributed by atoms with Gasteiger partial charge in [0, 0.05) is 46.2 Å². The maximum Gasteiger partial charge on any atom is 0.302 e. The molecule has 4 rings (SSSR count). The highest BCUT2D eigenvalue weighted by molar-refractivity contribution is 5.66. The number of methoxy groups -OCH3 is 2. The van der Waals surface area contributed by atoms with Gasteiger partial charge in [0.05, 0.1) is 32.1 Å². The van der Waals surface area contributed by atoms with E-state index in [0.29, 0.717) is 26.3 Å². The average Bonchev–Trinajstić information content (AvgIpc) is 2.87. The van der Waals surface area contributed by atoms with Crippen LogP contribution in [0.3, 0.4) is 0 Å². The predicted molar refractivity (Wildman–Crippen MR) is 133 cm³/mol. The fourth-order valence-corrected chi connectivity index (χ4v) is 4.85. The molecule has 0 spiro atoms. The van der Waals surface area contributed by atoms with Crippen LogP contribution in [0.25, 0.3) is 0 Å². The van der Waals surface area contributed by atoms with E-state index in [2.05, 4.69) is 22.3 Å². The van der Waals surface area contributed by atoms with E-state index in [0.717, 1.165) is 54.4 Å². The first-order valence-electron chi connectivity index (χ1n) is 12.2. The number of piperidine rings is 1. The van der Waals surface area contributed by atoms with Crippen LogP contribution in [0, 0.1) is 0 Å². The normalized spacial score (nSPS) is 21.7. The SMILES string of the molecule is COCCCN1CCOc2ccc(CO[C@H]3CNC[C@@H](OC(C)=O)[C@@H]3c3ccc(OC)cc3)cc21. The Labute approximate surface area is 207 Å². The van der Waals surface area contributed by atoms with Crippen molar-refractivity contribution in [3.63, 3.8) is 0 Å². The molecule has 0 saturated carbocycles. The van der Waals surface area contributed by atoms with Gasteiger partial charge in [-0.2, -0.15) is 0 Å². The number of rotatable bonds is 10. The van der Waals surface area contributed by atoms with E-state index < -0.39 is 0 Å². The summed E-state index contributed by atoms with van der Waals surface area (Å²) in [5, 5.41) is 3.37. The molecule has 190 valence electrons. The van der Waals surface area contributed by atoms with Crippen molar-refractivity contribution in [2.45, 2.75) is 38.1 Å². The first kappa shape index (κ1) is 25.3. The number of hydrogen-bond donors (Lipinski definition) is 1. The Kier molecular flexibility index (Phi) is 8.84. The van der Waals surface area contributed by atoms with Crippen molar-refractivity contribution >= 4 is 11.7 Å². The molecule has 2 heterocycles. The third-order valence-corrected chi connectivity index (χ3v) is 6.53. The standard InChI is InChI=1S/C27H36N2O6/c1-19(30)35-26-17-28-16-25(27(26)21-6-8-22(32-3)9-7-21)34-18-20-5-10-24-23(15-20)29(12-14-33-24)11-4-13-31-2/h5-10,15,25-28H,4,11-14,16-18H2,1-3H3/t25-,26+,27+/m0/s1. The molecule has 1 N–H and O–H groups in total. The number of esters is 1. The summed E-state index contributed by atoms with van der Waals surface area (Å²) in [5.41, 5.74) is 3.24. The largest absolute Gasteiger partial charge is 0.497 e. The van der Waals surface area contributed by atoms with Crippen molar-refractivity contribution in [1.82, 2.24) is 5.32 Å². The molecule has 0 bridgehead atoms. The smallest absolute Gasteiger partial charge is 0.302 e. The molecule has 2 aromatic rings. The molecular formula is C27H36N2O6. The summed E-state index contributed by atoms with van der Waals surface area (Å²) in [7, 11) is 3.38. The molecule has 2 aromatic carbocycles. The number of carbonyl (C=O) groups is 1. The van der Waals surface area contributed by atoms with Gasteiger partial charge in [0.1, 0.15) is 24.2 Å². The number of fused-ring (bicyclic) bond motifs is 1. The average molecular weight is 485 g/mol. The Bertz CT molecular complexity index is 967. The van der Waals surface area contributed by atoms with Crippen LogP contribution in [-0.2, 0) is 25.6 Å². The number of nitrogens with zero attached hydrogens (tertiary/aromatic N) is 1. The van der Waals surface area contributed by atoms with Gasteiger partial charge in [0.2, 0.25) is 0 Å². The zero-order valence-corrected chi connectivity index (χ0v) is 20.8. The number of carbonyl (C=O) groups excluding carboxylic acids is 1. The number of anilines is 1. The van der Waals surface area contributed by atoms with Crippen LogP contribution in [0.15, 0.2) is 42.5 Å². The van der Waals surface area contributed by atoms with Crippen molar-refractivity contribution in [2.75, 3.05) is 58.5 Å². The molecule has 8 heteroatoms. The van der Waals surface area contributed by atoms with E-state index in [9.17, 15) is 4.79 Å². The summed E-state index contributed by atoms with van der Waals surface area (Å²) in [5.74, 6) is 1.31. The van der Waals surface area contributed by atoms with Crippen molar-refractivity contribution in [3.8, 4) is 11.5 Å². The lowest BCUT2D eigenvalue weighted by molar-refractivity contribution is -0.151. The fraction of sp³-hybridized carbons (Fsp3) is 0.519. The molecule has 1 fully saturated rings. The van der Waals surface area contributed by atoms with Crippen LogP contribution >= 0.6 is 0 Å². The summed E-state index contributed by atoms with van der Waals surface area (Å²) in [6.45, 7) is 6.36. The Balaban J connectivity index is 1.49. The third-order valence-electron chi connectivity index (χ3n) is 6.53. The van der Waals surface area contributed by atoms with Crippen molar-refractivity contribution in [1.29, 1.82) is 0 Å². The van der Waals surface area contributed by atoms with Crippen LogP contribution in [0.5, 0.6) is 11.5 Å². The second-order valence-corrected chi connectivity index (χ2v) is 8.94. The maximum atomic E-state index is 11.8. The zero-order chi connectivity index (χ0) is 24.6. The molecular weight excluding hydrogens is 448 g/mol. The van der Waals surface area contributed by atoms with E-state index >= 15 is 0 Å². The van der Waals surface area contributed by atoms with Gasteiger partial charge in [-0.05, 0) is 41.8 Å². The van der Waals surface area contributed by atoms with Crippen molar-refractivity contribution in [3.05, 3.63) is 53.6 Å². The van der Waals surface area contributed by atoms with Gasteiger partial charge < -0.3 is 33.9 Å². The van der Waals surface area contributed by atoms with Gasteiger partial charge in [-0.3, -0.25) is 4.79 Å². The highest BCUT2D eigenvalue weighted by Gasteiger charge is 2.37. The lowest BCUT2D eigenvalue weighted by Gasteiger charge is -2.38. The number of nitrogens with one attached hydrogen (secondary N) is 1. The molecule has 0 aliphatic carbocycles. The zero-order valence-electron chi connectivity index (χ0n) is 20.8. The predicted octanol–water partition coefficient (Wildman–Crippen LogP) is 3.13. The van der Waals surface area contributed by atoms with Crippen LogP contribution in [0.4, 0.5) is 5.69 Å². The van der Waals surface area contributed by atoms with Gasteiger partial charge in [0.15, 0.2) is 0 Å². The molecule has 0 aromatic heterocycles. The number of hydrogen-bond acceptors (Lipinski definition) is 8. The van der Waals surface area contributed by atoms with E-state index in [4.69, 9.17) is 23.7 Å². The Morgan fingerprint density at radius 2 is 1.91 bits per heavy atom. The Hall–Kier alpha value is -2.81. The molecule has 0 radical (unpaired) electrons. The molecule has 0 amide bonds. The van der Waals surface area contributed by atoms with Gasteiger partial charge in [-0.25, -0.2) is 0 Å². The minimum Gasteiger partial charge on any atom is -0.497 e. The van der Waals surface area contributed by atoms with Gasteiger partial charge >= 0.3 is 5.97 Å². The molecule has 2 aliphatic rings. The van der Waals surface area contributed by atoms with Crippen LogP contribution in [0.1, 0.15) is 30.4 Å². The Morgan fingerprint density at radius 1 is 1.11 bits per heavy atom. The fourth-order valence-electron chi connectivity index (χ4n) is 4.85. The summed E-state index contributed by atoms with van der Waals surface area (Å²) >= 11 is 0. The summed E-state index contributed by atoms with van der Waals surface area (Å²) in [6.07, 6.45) is 0.491. The van der Waals surface area contributed by atoms with Crippen molar-refractivity contribution in [2.24, 2.45) is 0 Å². The number of ether oxygens (including phenoxy) is 5. The van der Waals surface area contributed by atoms with Gasteiger partial charge in [0.25, 0.3) is 0 Å². The molecule has 3 atom stereocenters. The molecule has 2 aliphatic heterocycles. The second kappa shape index (κ2) is 12.2. The van der Waals surface area contributed by atoms with Crippen LogP contribution < -0.4 is 19.7 Å². The maximum absolute atomic E-state index is 11.8. The van der Waals surface area contributed by atoms with Crippen LogP contribution in [0.2, 0.25) is 0 Å². The lowest BCUT2D eigenvalue weighted by atomic mass is 9.85. The minimum absolute atomic E-state index is 0.0856. The van der Waals surface area contributed by atoms with E-state index in [1.54, 1.807) is 14.2 Å². The van der Waals surface area contributed by atoms with E-state index in [1.165, 1.54) is 6.92 Å². The quantitative estimate of drug-likeness (QED) is 0.407. The molecule has 0 unspecified atom stereocenters. The second-order valence-electron chi connectivity index (χ2n) is 8.94. The monoisotopic (exact) mass is 484 g/mol.